The van der Waals surface area contributed by atoms with Crippen molar-refractivity contribution >= 4 is 17.2 Å². The van der Waals surface area contributed by atoms with E-state index in [1.807, 2.05) is 17.5 Å². The zero-order valence-corrected chi connectivity index (χ0v) is 10.0. The number of amides is 1. The van der Waals surface area contributed by atoms with Gasteiger partial charge in [0.15, 0.2) is 0 Å². The summed E-state index contributed by atoms with van der Waals surface area (Å²) in [5.41, 5.74) is 0. The molecule has 0 unspecified atom stereocenters. The van der Waals surface area contributed by atoms with Crippen LogP contribution in [0.25, 0.3) is 0 Å². The van der Waals surface area contributed by atoms with Crippen LogP contribution in [0.3, 0.4) is 0 Å². The molecule has 1 saturated carbocycles. The molecule has 0 radical (unpaired) electrons. The standard InChI is InChI=1S/C12H17NO2S/c14-10-5-3-9(4-6-10)13-12(15)8-11-2-1-7-16-11/h1-2,7,9-10,14H,3-6,8H2,(H,13,15). The van der Waals surface area contributed by atoms with Gasteiger partial charge in [-0.15, -0.1) is 11.3 Å². The summed E-state index contributed by atoms with van der Waals surface area (Å²) in [6, 6.07) is 4.20. The lowest BCUT2D eigenvalue weighted by Crippen LogP contribution is -2.39. The Balaban J connectivity index is 1.75. The van der Waals surface area contributed by atoms with E-state index in [1.54, 1.807) is 11.3 Å². The van der Waals surface area contributed by atoms with Crippen LogP contribution < -0.4 is 5.32 Å². The van der Waals surface area contributed by atoms with E-state index in [2.05, 4.69) is 5.32 Å². The number of thiophene rings is 1. The maximum absolute atomic E-state index is 11.7. The zero-order chi connectivity index (χ0) is 11.4. The molecule has 16 heavy (non-hydrogen) atoms. The van der Waals surface area contributed by atoms with Gasteiger partial charge >= 0.3 is 0 Å². The van der Waals surface area contributed by atoms with Crippen LogP contribution in [0.1, 0.15) is 30.6 Å². The minimum atomic E-state index is -0.162. The minimum Gasteiger partial charge on any atom is -0.393 e. The predicted octanol–water partition coefficient (Wildman–Crippen LogP) is 1.71. The molecule has 0 spiro atoms. The summed E-state index contributed by atoms with van der Waals surface area (Å²) < 4.78 is 0. The van der Waals surface area contributed by atoms with Crippen LogP contribution in [-0.4, -0.2) is 23.2 Å². The van der Waals surface area contributed by atoms with Gasteiger partial charge in [0.2, 0.25) is 5.91 Å². The fourth-order valence-electron chi connectivity index (χ4n) is 2.07. The number of nitrogens with one attached hydrogen (secondary N) is 1. The molecule has 1 aliphatic carbocycles. The predicted molar refractivity (Wildman–Crippen MR) is 64.4 cm³/mol. The van der Waals surface area contributed by atoms with Gasteiger partial charge in [-0.05, 0) is 37.1 Å². The van der Waals surface area contributed by atoms with Crippen molar-refractivity contribution in [1.29, 1.82) is 0 Å². The molecular formula is C12H17NO2S. The molecule has 0 saturated heterocycles. The quantitative estimate of drug-likeness (QED) is 0.843. The Morgan fingerprint density at radius 1 is 1.44 bits per heavy atom. The van der Waals surface area contributed by atoms with Gasteiger partial charge in [0, 0.05) is 10.9 Å². The van der Waals surface area contributed by atoms with Gasteiger partial charge in [-0.2, -0.15) is 0 Å². The van der Waals surface area contributed by atoms with Gasteiger partial charge in [0.05, 0.1) is 12.5 Å². The Morgan fingerprint density at radius 3 is 2.81 bits per heavy atom. The lowest BCUT2D eigenvalue weighted by Gasteiger charge is -2.26. The number of carbonyl (C=O) groups is 1. The van der Waals surface area contributed by atoms with E-state index >= 15 is 0 Å². The maximum atomic E-state index is 11.7. The van der Waals surface area contributed by atoms with E-state index in [-0.39, 0.29) is 18.1 Å². The molecule has 1 aliphatic rings. The third-order valence-electron chi connectivity index (χ3n) is 2.98. The van der Waals surface area contributed by atoms with Crippen molar-refractivity contribution in [2.45, 2.75) is 44.2 Å². The first-order chi connectivity index (χ1) is 7.74. The summed E-state index contributed by atoms with van der Waals surface area (Å²) in [5.74, 6) is 0.101. The maximum Gasteiger partial charge on any atom is 0.225 e. The SMILES string of the molecule is O=C(Cc1cccs1)NC1CCC(O)CC1. The van der Waals surface area contributed by atoms with Crippen molar-refractivity contribution in [2.24, 2.45) is 0 Å². The van der Waals surface area contributed by atoms with Crippen molar-refractivity contribution in [3.8, 4) is 0 Å². The van der Waals surface area contributed by atoms with Crippen molar-refractivity contribution < 1.29 is 9.90 Å². The van der Waals surface area contributed by atoms with Crippen LogP contribution in [0.15, 0.2) is 17.5 Å². The average Bonchev–Trinajstić information content (AvgIpc) is 2.74. The molecule has 1 amide bonds. The molecule has 0 aromatic carbocycles. The highest BCUT2D eigenvalue weighted by Gasteiger charge is 2.20. The van der Waals surface area contributed by atoms with Gasteiger partial charge in [0.25, 0.3) is 0 Å². The van der Waals surface area contributed by atoms with Crippen molar-refractivity contribution in [1.82, 2.24) is 5.32 Å². The lowest BCUT2D eigenvalue weighted by atomic mass is 9.93. The van der Waals surface area contributed by atoms with E-state index in [4.69, 9.17) is 0 Å². The Bertz CT molecular complexity index is 329. The van der Waals surface area contributed by atoms with E-state index in [0.29, 0.717) is 6.42 Å². The van der Waals surface area contributed by atoms with Crippen LogP contribution in [0.2, 0.25) is 0 Å². The third-order valence-corrected chi connectivity index (χ3v) is 3.85. The number of hydrogen-bond acceptors (Lipinski definition) is 3. The molecule has 3 nitrogen and oxygen atoms in total. The normalized spacial score (nSPS) is 25.3. The number of aliphatic hydroxyl groups excluding tert-OH is 1. The molecule has 1 fully saturated rings. The summed E-state index contributed by atoms with van der Waals surface area (Å²) in [7, 11) is 0. The highest BCUT2D eigenvalue weighted by atomic mass is 32.1. The van der Waals surface area contributed by atoms with Crippen LogP contribution in [0.4, 0.5) is 0 Å². The molecule has 2 N–H and O–H groups in total. The Morgan fingerprint density at radius 2 is 2.19 bits per heavy atom. The summed E-state index contributed by atoms with van der Waals surface area (Å²) in [5, 5.41) is 14.4. The third kappa shape index (κ3) is 3.32. The molecule has 0 atom stereocenters. The molecule has 1 aromatic rings. The van der Waals surface area contributed by atoms with Gasteiger partial charge in [0.1, 0.15) is 0 Å². The van der Waals surface area contributed by atoms with Crippen LogP contribution >= 0.6 is 11.3 Å². The van der Waals surface area contributed by atoms with Gasteiger partial charge < -0.3 is 10.4 Å². The van der Waals surface area contributed by atoms with Gasteiger partial charge in [-0.1, -0.05) is 6.07 Å². The molecule has 88 valence electrons. The molecule has 0 bridgehead atoms. The van der Waals surface area contributed by atoms with E-state index in [0.717, 1.165) is 30.6 Å². The minimum absolute atomic E-state index is 0.101. The monoisotopic (exact) mass is 239 g/mol. The van der Waals surface area contributed by atoms with E-state index < -0.39 is 0 Å². The second-order valence-electron chi connectivity index (χ2n) is 4.33. The lowest BCUT2D eigenvalue weighted by molar-refractivity contribution is -0.121. The van der Waals surface area contributed by atoms with Gasteiger partial charge in [-0.25, -0.2) is 0 Å². The second kappa shape index (κ2) is 5.46. The smallest absolute Gasteiger partial charge is 0.225 e. The highest BCUT2D eigenvalue weighted by Crippen LogP contribution is 2.18. The number of rotatable bonds is 3. The topological polar surface area (TPSA) is 49.3 Å². The fraction of sp³-hybridized carbons (Fsp3) is 0.583. The molecule has 1 aromatic heterocycles. The first-order valence-electron chi connectivity index (χ1n) is 5.74. The van der Waals surface area contributed by atoms with Crippen molar-refractivity contribution in [3.05, 3.63) is 22.4 Å². The van der Waals surface area contributed by atoms with Gasteiger partial charge in [-0.3, -0.25) is 4.79 Å². The molecule has 0 aliphatic heterocycles. The first kappa shape index (κ1) is 11.6. The summed E-state index contributed by atoms with van der Waals surface area (Å²) >= 11 is 1.61. The molecule has 1 heterocycles. The molecule has 2 rings (SSSR count). The largest absolute Gasteiger partial charge is 0.393 e. The Hall–Kier alpha value is -0.870. The van der Waals surface area contributed by atoms with Crippen molar-refractivity contribution in [3.63, 3.8) is 0 Å². The van der Waals surface area contributed by atoms with Crippen LogP contribution in [0.5, 0.6) is 0 Å². The summed E-state index contributed by atoms with van der Waals surface area (Å²) in [6.07, 6.45) is 3.74. The summed E-state index contributed by atoms with van der Waals surface area (Å²) in [4.78, 5) is 12.8. The number of hydrogen-bond donors (Lipinski definition) is 2. The highest BCUT2D eigenvalue weighted by molar-refractivity contribution is 7.10. The number of aliphatic hydroxyl groups is 1. The Kier molecular flexibility index (Phi) is 3.96. The van der Waals surface area contributed by atoms with E-state index in [1.165, 1.54) is 0 Å². The summed E-state index contributed by atoms with van der Waals surface area (Å²) in [6.45, 7) is 0. The average molecular weight is 239 g/mol. The number of carbonyl (C=O) groups excluding carboxylic acids is 1. The Labute approximate surface area is 99.5 Å². The fourth-order valence-corrected chi connectivity index (χ4v) is 2.77. The van der Waals surface area contributed by atoms with E-state index in [9.17, 15) is 9.90 Å². The van der Waals surface area contributed by atoms with Crippen LogP contribution in [-0.2, 0) is 11.2 Å². The first-order valence-corrected chi connectivity index (χ1v) is 6.62. The molecular weight excluding hydrogens is 222 g/mol. The molecule has 4 heteroatoms. The van der Waals surface area contributed by atoms with Crippen molar-refractivity contribution in [2.75, 3.05) is 0 Å². The second-order valence-corrected chi connectivity index (χ2v) is 5.36. The zero-order valence-electron chi connectivity index (χ0n) is 9.19. The van der Waals surface area contributed by atoms with Crippen LogP contribution in [0, 0.1) is 0 Å².